The fourth-order valence-corrected chi connectivity index (χ4v) is 4.09. The number of hydrogen-bond donors (Lipinski definition) is 1. The second-order valence-electron chi connectivity index (χ2n) is 4.51. The minimum atomic E-state index is -0.631. The van der Waals surface area contributed by atoms with E-state index in [0.717, 1.165) is 10.9 Å². The van der Waals surface area contributed by atoms with Crippen molar-refractivity contribution in [1.82, 2.24) is 10.3 Å². The highest BCUT2D eigenvalue weighted by atomic mass is 32.2. The molecule has 0 aliphatic rings. The molecular weight excluding hydrogens is 280 g/mol. The lowest BCUT2D eigenvalue weighted by Gasteiger charge is -2.30. The molecular formula is C13H22N2O2S2. The van der Waals surface area contributed by atoms with Crippen LogP contribution in [0.3, 0.4) is 0 Å². The summed E-state index contributed by atoms with van der Waals surface area (Å²) in [7, 11) is 0. The van der Waals surface area contributed by atoms with Crippen molar-refractivity contribution in [3.05, 3.63) is 11.6 Å². The third-order valence-electron chi connectivity index (χ3n) is 2.70. The van der Waals surface area contributed by atoms with E-state index < -0.39 is 5.54 Å². The number of carbonyl (C=O) groups excluding carboxylic acids is 1. The smallest absolute Gasteiger partial charge is 0.326 e. The molecule has 4 nitrogen and oxygen atoms in total. The first kappa shape index (κ1) is 16.5. The highest BCUT2D eigenvalue weighted by molar-refractivity contribution is 8.01. The van der Waals surface area contributed by atoms with Crippen molar-refractivity contribution in [2.75, 3.05) is 13.2 Å². The number of nitrogens with zero attached hydrogens (tertiary/aromatic N) is 1. The van der Waals surface area contributed by atoms with Crippen molar-refractivity contribution in [2.24, 2.45) is 0 Å². The van der Waals surface area contributed by atoms with Crippen molar-refractivity contribution in [2.45, 2.75) is 49.2 Å². The summed E-state index contributed by atoms with van der Waals surface area (Å²) in [5.74, 6) is -0.177. The van der Waals surface area contributed by atoms with Gasteiger partial charge < -0.3 is 10.1 Å². The quantitative estimate of drug-likeness (QED) is 0.591. The maximum atomic E-state index is 12.1. The zero-order valence-electron chi connectivity index (χ0n) is 11.9. The van der Waals surface area contributed by atoms with Crippen LogP contribution in [0.1, 0.15) is 34.1 Å². The van der Waals surface area contributed by atoms with E-state index in [1.807, 2.05) is 26.2 Å². The Bertz CT molecular complexity index is 384. The topological polar surface area (TPSA) is 51.2 Å². The number of thiazole rings is 1. The van der Waals surface area contributed by atoms with Gasteiger partial charge in [0.05, 0.1) is 6.61 Å². The molecule has 1 rings (SSSR count). The first-order chi connectivity index (χ1) is 9.01. The normalized spacial score (nSPS) is 15.8. The fraction of sp³-hybridized carbons (Fsp3) is 0.692. The summed E-state index contributed by atoms with van der Waals surface area (Å²) >= 11 is 3.32. The number of esters is 1. The molecule has 0 saturated heterocycles. The number of hydrogen-bond acceptors (Lipinski definition) is 6. The first-order valence-electron chi connectivity index (χ1n) is 6.50. The van der Waals surface area contributed by atoms with Gasteiger partial charge in [-0.2, -0.15) is 0 Å². The predicted octanol–water partition coefficient (Wildman–Crippen LogP) is 2.95. The number of nitrogens with one attached hydrogen (secondary N) is 1. The van der Waals surface area contributed by atoms with Crippen LogP contribution >= 0.6 is 23.1 Å². The molecule has 2 atom stereocenters. The molecule has 1 aromatic heterocycles. The van der Waals surface area contributed by atoms with Gasteiger partial charge >= 0.3 is 5.97 Å². The van der Waals surface area contributed by atoms with E-state index in [4.69, 9.17) is 4.74 Å². The Labute approximate surface area is 123 Å². The maximum Gasteiger partial charge on any atom is 0.326 e. The average molecular weight is 302 g/mol. The Morgan fingerprint density at radius 3 is 2.89 bits per heavy atom. The molecule has 6 heteroatoms. The number of thioether (sulfide) groups is 1. The van der Waals surface area contributed by atoms with Crippen LogP contribution in [-0.2, 0) is 9.53 Å². The molecule has 0 amide bonds. The summed E-state index contributed by atoms with van der Waals surface area (Å²) in [6.07, 6.45) is 2.51. The molecule has 0 aliphatic heterocycles. The maximum absolute atomic E-state index is 12.1. The Hall–Kier alpha value is -0.590. The lowest BCUT2D eigenvalue weighted by atomic mass is 9.96. The van der Waals surface area contributed by atoms with Gasteiger partial charge in [0.1, 0.15) is 9.88 Å². The van der Waals surface area contributed by atoms with Crippen molar-refractivity contribution in [3.8, 4) is 0 Å². The van der Waals surface area contributed by atoms with Crippen LogP contribution in [0, 0.1) is 0 Å². The molecule has 0 fully saturated rings. The van der Waals surface area contributed by atoms with E-state index in [1.165, 1.54) is 0 Å². The van der Waals surface area contributed by atoms with E-state index in [2.05, 4.69) is 17.2 Å². The van der Waals surface area contributed by atoms with E-state index in [1.54, 1.807) is 29.3 Å². The van der Waals surface area contributed by atoms with Gasteiger partial charge in [-0.25, -0.2) is 4.98 Å². The van der Waals surface area contributed by atoms with Crippen molar-refractivity contribution in [3.63, 3.8) is 0 Å². The molecule has 0 aromatic carbocycles. The molecule has 1 N–H and O–H groups in total. The summed E-state index contributed by atoms with van der Waals surface area (Å²) in [5, 5.41) is 5.50. The molecule has 0 aliphatic carbocycles. The second-order valence-corrected chi connectivity index (χ2v) is 7.09. The summed E-state index contributed by atoms with van der Waals surface area (Å²) < 4.78 is 6.21. The van der Waals surface area contributed by atoms with Gasteiger partial charge in [-0.05, 0) is 26.8 Å². The fourth-order valence-electron chi connectivity index (χ4n) is 1.97. The SMILES string of the molecule is CCNC(C)(CC(C)Sc1nccs1)C(=O)OCC. The van der Waals surface area contributed by atoms with Crippen LogP contribution in [0.25, 0.3) is 0 Å². The minimum Gasteiger partial charge on any atom is -0.465 e. The minimum absolute atomic E-state index is 0.177. The molecule has 108 valence electrons. The number of rotatable bonds is 8. The zero-order chi connectivity index (χ0) is 14.3. The zero-order valence-corrected chi connectivity index (χ0v) is 13.6. The Balaban J connectivity index is 2.63. The van der Waals surface area contributed by atoms with Crippen LogP contribution in [0.5, 0.6) is 0 Å². The number of ether oxygens (including phenoxy) is 1. The van der Waals surface area contributed by atoms with Crippen LogP contribution in [0.2, 0.25) is 0 Å². The van der Waals surface area contributed by atoms with Crippen LogP contribution in [-0.4, -0.2) is 34.9 Å². The van der Waals surface area contributed by atoms with Gasteiger partial charge in [0.2, 0.25) is 0 Å². The molecule has 19 heavy (non-hydrogen) atoms. The Morgan fingerprint density at radius 1 is 1.63 bits per heavy atom. The van der Waals surface area contributed by atoms with Gasteiger partial charge in [-0.1, -0.05) is 25.6 Å². The average Bonchev–Trinajstić information content (AvgIpc) is 2.82. The predicted molar refractivity (Wildman–Crippen MR) is 80.8 cm³/mol. The highest BCUT2D eigenvalue weighted by Gasteiger charge is 2.35. The number of aromatic nitrogens is 1. The largest absolute Gasteiger partial charge is 0.465 e. The van der Waals surface area contributed by atoms with E-state index in [0.29, 0.717) is 18.3 Å². The van der Waals surface area contributed by atoms with Crippen LogP contribution in [0.4, 0.5) is 0 Å². The third kappa shape index (κ3) is 5.12. The standard InChI is InChI=1S/C13H22N2O2S2/c1-5-15-13(4,11(16)17-6-2)9-10(3)19-12-14-7-8-18-12/h7-8,10,15H,5-6,9H2,1-4H3. The van der Waals surface area contributed by atoms with Crippen LogP contribution < -0.4 is 5.32 Å². The summed E-state index contributed by atoms with van der Waals surface area (Å²) in [6.45, 7) is 9.00. The first-order valence-corrected chi connectivity index (χ1v) is 8.26. The Kier molecular flexibility index (Phi) is 6.82. The van der Waals surface area contributed by atoms with Crippen molar-refractivity contribution < 1.29 is 9.53 Å². The number of carbonyl (C=O) groups is 1. The van der Waals surface area contributed by atoms with Gasteiger partial charge in [-0.15, -0.1) is 11.3 Å². The highest BCUT2D eigenvalue weighted by Crippen LogP contribution is 2.30. The van der Waals surface area contributed by atoms with E-state index >= 15 is 0 Å². The molecule has 1 heterocycles. The van der Waals surface area contributed by atoms with Gasteiger partial charge in [0.15, 0.2) is 0 Å². The lowest BCUT2D eigenvalue weighted by molar-refractivity contribution is -0.150. The molecule has 0 bridgehead atoms. The number of likely N-dealkylation sites (N-methyl/N-ethyl adjacent to an activating group) is 1. The Morgan fingerprint density at radius 2 is 2.37 bits per heavy atom. The molecule has 1 aromatic rings. The lowest BCUT2D eigenvalue weighted by Crippen LogP contribution is -2.51. The molecule has 0 radical (unpaired) electrons. The van der Waals surface area contributed by atoms with Crippen molar-refractivity contribution >= 4 is 29.1 Å². The van der Waals surface area contributed by atoms with Gasteiger partial charge in [-0.3, -0.25) is 4.79 Å². The monoisotopic (exact) mass is 302 g/mol. The van der Waals surface area contributed by atoms with Crippen molar-refractivity contribution in [1.29, 1.82) is 0 Å². The van der Waals surface area contributed by atoms with E-state index in [-0.39, 0.29) is 5.97 Å². The van der Waals surface area contributed by atoms with E-state index in [9.17, 15) is 4.79 Å². The van der Waals surface area contributed by atoms with Gasteiger partial charge in [0.25, 0.3) is 0 Å². The summed E-state index contributed by atoms with van der Waals surface area (Å²) in [4.78, 5) is 16.3. The van der Waals surface area contributed by atoms with Gasteiger partial charge in [0, 0.05) is 16.8 Å². The van der Waals surface area contributed by atoms with Crippen LogP contribution in [0.15, 0.2) is 15.9 Å². The molecule has 0 spiro atoms. The summed E-state index contributed by atoms with van der Waals surface area (Å²) in [6, 6.07) is 0. The molecule has 2 unspecified atom stereocenters. The third-order valence-corrected chi connectivity index (χ3v) is 4.72. The second kappa shape index (κ2) is 7.87. The molecule has 0 saturated carbocycles. The summed E-state index contributed by atoms with van der Waals surface area (Å²) in [5.41, 5.74) is -0.631.